The summed E-state index contributed by atoms with van der Waals surface area (Å²) < 4.78 is 10.4. The normalized spacial score (nSPS) is 23.8. The van der Waals surface area contributed by atoms with Gasteiger partial charge in [0.05, 0.1) is 19.8 Å². The van der Waals surface area contributed by atoms with Crippen LogP contribution in [-0.2, 0) is 9.47 Å². The van der Waals surface area contributed by atoms with Crippen LogP contribution >= 0.6 is 0 Å². The Hall–Kier alpha value is -0.160. The summed E-state index contributed by atoms with van der Waals surface area (Å²) in [5, 5.41) is 3.42. The maximum atomic E-state index is 5.37. The van der Waals surface area contributed by atoms with Gasteiger partial charge in [0.15, 0.2) is 0 Å². The van der Waals surface area contributed by atoms with Gasteiger partial charge in [-0.2, -0.15) is 0 Å². The highest BCUT2D eigenvalue weighted by atomic mass is 16.5. The zero-order chi connectivity index (χ0) is 9.52. The number of ether oxygens (including phenoxy) is 2. The first-order chi connectivity index (χ1) is 6.33. The summed E-state index contributed by atoms with van der Waals surface area (Å²) in [4.78, 5) is 2.26. The summed E-state index contributed by atoms with van der Waals surface area (Å²) in [6, 6.07) is 0.482. The van der Waals surface area contributed by atoms with E-state index in [1.54, 1.807) is 7.11 Å². The van der Waals surface area contributed by atoms with Crippen LogP contribution in [0.1, 0.15) is 0 Å². The van der Waals surface area contributed by atoms with E-state index in [0.717, 1.165) is 39.5 Å². The second kappa shape index (κ2) is 6.32. The van der Waals surface area contributed by atoms with Gasteiger partial charge < -0.3 is 19.7 Å². The standard InChI is InChI=1S/C9H20N2O2/c1-11(4-6-12-2)7-9-8-13-5-3-10-9/h9-10H,3-8H2,1-2H3. The van der Waals surface area contributed by atoms with E-state index < -0.39 is 0 Å². The predicted octanol–water partition coefficient (Wildman–Crippen LogP) is -0.447. The van der Waals surface area contributed by atoms with Gasteiger partial charge in [-0.15, -0.1) is 0 Å². The second-order valence-electron chi connectivity index (χ2n) is 3.48. The first-order valence-corrected chi connectivity index (χ1v) is 4.81. The molecule has 1 atom stereocenters. The minimum atomic E-state index is 0.482. The minimum absolute atomic E-state index is 0.482. The third-order valence-corrected chi connectivity index (χ3v) is 2.21. The molecule has 1 fully saturated rings. The third-order valence-electron chi connectivity index (χ3n) is 2.21. The summed E-state index contributed by atoms with van der Waals surface area (Å²) in [6.07, 6.45) is 0. The fraction of sp³-hybridized carbons (Fsp3) is 1.00. The molecular weight excluding hydrogens is 168 g/mol. The molecule has 0 aromatic carbocycles. The van der Waals surface area contributed by atoms with E-state index in [2.05, 4.69) is 17.3 Å². The molecule has 1 aliphatic rings. The molecule has 0 spiro atoms. The van der Waals surface area contributed by atoms with Crippen molar-refractivity contribution in [2.24, 2.45) is 0 Å². The Morgan fingerprint density at radius 3 is 3.08 bits per heavy atom. The first-order valence-electron chi connectivity index (χ1n) is 4.81. The fourth-order valence-electron chi connectivity index (χ4n) is 1.45. The van der Waals surface area contributed by atoms with E-state index in [9.17, 15) is 0 Å². The van der Waals surface area contributed by atoms with E-state index in [1.807, 2.05) is 0 Å². The minimum Gasteiger partial charge on any atom is -0.383 e. The van der Waals surface area contributed by atoms with Gasteiger partial charge in [-0.1, -0.05) is 0 Å². The van der Waals surface area contributed by atoms with Crippen LogP contribution in [0.25, 0.3) is 0 Å². The van der Waals surface area contributed by atoms with Gasteiger partial charge in [-0.25, -0.2) is 0 Å². The van der Waals surface area contributed by atoms with Gasteiger partial charge in [0, 0.05) is 32.8 Å². The number of likely N-dealkylation sites (N-methyl/N-ethyl adjacent to an activating group) is 1. The van der Waals surface area contributed by atoms with Crippen molar-refractivity contribution in [1.82, 2.24) is 10.2 Å². The highest BCUT2D eigenvalue weighted by Crippen LogP contribution is 1.95. The lowest BCUT2D eigenvalue weighted by Gasteiger charge is -2.28. The highest BCUT2D eigenvalue weighted by molar-refractivity contribution is 4.73. The number of nitrogens with zero attached hydrogens (tertiary/aromatic N) is 1. The summed E-state index contributed by atoms with van der Waals surface area (Å²) in [7, 11) is 3.84. The number of nitrogens with one attached hydrogen (secondary N) is 1. The third kappa shape index (κ3) is 4.57. The lowest BCUT2D eigenvalue weighted by atomic mass is 10.2. The van der Waals surface area contributed by atoms with E-state index >= 15 is 0 Å². The van der Waals surface area contributed by atoms with Gasteiger partial charge in [-0.05, 0) is 7.05 Å². The topological polar surface area (TPSA) is 33.7 Å². The van der Waals surface area contributed by atoms with E-state index in [0.29, 0.717) is 6.04 Å². The second-order valence-corrected chi connectivity index (χ2v) is 3.48. The van der Waals surface area contributed by atoms with Crippen molar-refractivity contribution >= 4 is 0 Å². The molecule has 78 valence electrons. The van der Waals surface area contributed by atoms with Crippen molar-refractivity contribution in [3.05, 3.63) is 0 Å². The molecule has 0 amide bonds. The molecule has 1 aliphatic heterocycles. The van der Waals surface area contributed by atoms with E-state index in [4.69, 9.17) is 9.47 Å². The van der Waals surface area contributed by atoms with Crippen LogP contribution < -0.4 is 5.32 Å². The van der Waals surface area contributed by atoms with Crippen molar-refractivity contribution < 1.29 is 9.47 Å². The zero-order valence-corrected chi connectivity index (χ0v) is 8.58. The van der Waals surface area contributed by atoms with Crippen LogP contribution in [0.15, 0.2) is 0 Å². The predicted molar refractivity (Wildman–Crippen MR) is 52.0 cm³/mol. The average Bonchev–Trinajstić information content (AvgIpc) is 2.16. The van der Waals surface area contributed by atoms with Crippen molar-refractivity contribution in [2.75, 3.05) is 53.6 Å². The summed E-state index contributed by atoms with van der Waals surface area (Å²) in [6.45, 7) is 5.46. The van der Waals surface area contributed by atoms with Crippen LogP contribution in [0, 0.1) is 0 Å². The lowest BCUT2D eigenvalue weighted by molar-refractivity contribution is 0.0613. The Balaban J connectivity index is 2.07. The van der Waals surface area contributed by atoms with Gasteiger partial charge >= 0.3 is 0 Å². The van der Waals surface area contributed by atoms with Crippen LogP contribution in [0.5, 0.6) is 0 Å². The van der Waals surface area contributed by atoms with Crippen LogP contribution in [0.3, 0.4) is 0 Å². The number of methoxy groups -OCH3 is 1. The number of morpholine rings is 1. The monoisotopic (exact) mass is 188 g/mol. The molecule has 0 aromatic rings. The molecule has 1 heterocycles. The first kappa shape index (κ1) is 10.9. The highest BCUT2D eigenvalue weighted by Gasteiger charge is 2.14. The van der Waals surface area contributed by atoms with Gasteiger partial charge in [0.2, 0.25) is 0 Å². The quantitative estimate of drug-likeness (QED) is 0.634. The van der Waals surface area contributed by atoms with Crippen molar-refractivity contribution in [3.63, 3.8) is 0 Å². The Bertz CT molecular complexity index is 127. The molecule has 1 rings (SSSR count). The maximum absolute atomic E-state index is 5.37. The number of hydrogen-bond acceptors (Lipinski definition) is 4. The summed E-state index contributed by atoms with van der Waals surface area (Å²) >= 11 is 0. The Labute approximate surface area is 80.2 Å². The molecule has 0 bridgehead atoms. The number of hydrogen-bond donors (Lipinski definition) is 1. The van der Waals surface area contributed by atoms with Crippen LogP contribution in [0.2, 0.25) is 0 Å². The van der Waals surface area contributed by atoms with Crippen LogP contribution in [-0.4, -0.2) is 64.6 Å². The molecular formula is C9H20N2O2. The molecule has 0 radical (unpaired) electrons. The molecule has 1 saturated heterocycles. The average molecular weight is 188 g/mol. The molecule has 0 aliphatic carbocycles. The van der Waals surface area contributed by atoms with Crippen molar-refractivity contribution in [3.8, 4) is 0 Å². The maximum Gasteiger partial charge on any atom is 0.0632 e. The summed E-state index contributed by atoms with van der Waals surface area (Å²) in [5.74, 6) is 0. The number of rotatable bonds is 5. The van der Waals surface area contributed by atoms with Gasteiger partial charge in [0.1, 0.15) is 0 Å². The molecule has 4 nitrogen and oxygen atoms in total. The Morgan fingerprint density at radius 2 is 2.46 bits per heavy atom. The molecule has 1 N–H and O–H groups in total. The largest absolute Gasteiger partial charge is 0.383 e. The van der Waals surface area contributed by atoms with Crippen molar-refractivity contribution in [2.45, 2.75) is 6.04 Å². The zero-order valence-electron chi connectivity index (χ0n) is 8.58. The molecule has 0 aromatic heterocycles. The van der Waals surface area contributed by atoms with Crippen LogP contribution in [0.4, 0.5) is 0 Å². The van der Waals surface area contributed by atoms with E-state index in [1.165, 1.54) is 0 Å². The van der Waals surface area contributed by atoms with E-state index in [-0.39, 0.29) is 0 Å². The molecule has 4 heteroatoms. The molecule has 0 saturated carbocycles. The van der Waals surface area contributed by atoms with Crippen molar-refractivity contribution in [1.29, 1.82) is 0 Å². The lowest BCUT2D eigenvalue weighted by Crippen LogP contribution is -2.48. The molecule has 1 unspecified atom stereocenters. The van der Waals surface area contributed by atoms with Gasteiger partial charge in [-0.3, -0.25) is 0 Å². The fourth-order valence-corrected chi connectivity index (χ4v) is 1.45. The SMILES string of the molecule is COCCN(C)CC1COCCN1. The Kier molecular flexibility index (Phi) is 5.31. The molecule has 13 heavy (non-hydrogen) atoms. The Morgan fingerprint density at radius 1 is 1.62 bits per heavy atom. The summed E-state index contributed by atoms with van der Waals surface area (Å²) in [5.41, 5.74) is 0. The smallest absolute Gasteiger partial charge is 0.0632 e. The van der Waals surface area contributed by atoms with Gasteiger partial charge in [0.25, 0.3) is 0 Å².